The average molecular weight is 260 g/mol. The lowest BCUT2D eigenvalue weighted by atomic mass is 10.0. The molecule has 18 heavy (non-hydrogen) atoms. The minimum absolute atomic E-state index is 0.121. The summed E-state index contributed by atoms with van der Waals surface area (Å²) in [4.78, 5) is 22.0. The zero-order valence-corrected chi connectivity index (χ0v) is 11.6. The van der Waals surface area contributed by atoms with Crippen molar-refractivity contribution in [1.82, 2.24) is 10.6 Å². The molecule has 0 aliphatic heterocycles. The van der Waals surface area contributed by atoms with Gasteiger partial charge in [-0.25, -0.2) is 4.79 Å². The highest BCUT2D eigenvalue weighted by Crippen LogP contribution is 2.07. The van der Waals surface area contributed by atoms with Crippen molar-refractivity contribution in [3.63, 3.8) is 0 Å². The van der Waals surface area contributed by atoms with Crippen LogP contribution < -0.4 is 10.6 Å². The molecule has 0 fully saturated rings. The third kappa shape index (κ3) is 9.89. The smallest absolute Gasteiger partial charge is 0.315 e. The van der Waals surface area contributed by atoms with Gasteiger partial charge in [0, 0.05) is 18.7 Å². The Labute approximate surface area is 108 Å². The van der Waals surface area contributed by atoms with Crippen molar-refractivity contribution in [3.05, 3.63) is 0 Å². The predicted octanol–water partition coefficient (Wildman–Crippen LogP) is 1.21. The molecule has 0 aromatic heterocycles. The first-order chi connectivity index (χ1) is 8.23. The van der Waals surface area contributed by atoms with E-state index in [9.17, 15) is 9.59 Å². The van der Waals surface area contributed by atoms with Crippen LogP contribution in [0.25, 0.3) is 0 Å². The summed E-state index contributed by atoms with van der Waals surface area (Å²) < 4.78 is 5.30. The number of aliphatic carboxylic acids is 1. The zero-order chi connectivity index (χ0) is 14.2. The summed E-state index contributed by atoms with van der Waals surface area (Å²) in [5.41, 5.74) is -0.769. The number of carbonyl (C=O) groups is 2. The molecule has 2 amide bonds. The highest BCUT2D eigenvalue weighted by atomic mass is 16.5. The number of carbonyl (C=O) groups excluding carboxylic acids is 1. The molecule has 0 saturated heterocycles. The molecule has 106 valence electrons. The maximum atomic E-state index is 11.5. The lowest BCUT2D eigenvalue weighted by Gasteiger charge is -2.24. The number of nitrogens with one attached hydrogen (secondary N) is 2. The Hall–Kier alpha value is -1.30. The van der Waals surface area contributed by atoms with Gasteiger partial charge in [-0.2, -0.15) is 0 Å². The molecule has 0 unspecified atom stereocenters. The number of ether oxygens (including phenoxy) is 1. The number of urea groups is 1. The molecule has 6 nitrogen and oxygen atoms in total. The quantitative estimate of drug-likeness (QED) is 0.572. The number of amides is 2. The highest BCUT2D eigenvalue weighted by molar-refractivity contribution is 5.76. The van der Waals surface area contributed by atoms with Gasteiger partial charge in [-0.05, 0) is 19.8 Å². The van der Waals surface area contributed by atoms with Gasteiger partial charge >= 0.3 is 12.0 Å². The van der Waals surface area contributed by atoms with Gasteiger partial charge in [-0.15, -0.1) is 0 Å². The van der Waals surface area contributed by atoms with Crippen LogP contribution in [-0.2, 0) is 9.53 Å². The topological polar surface area (TPSA) is 87.7 Å². The fourth-order valence-electron chi connectivity index (χ4n) is 1.33. The van der Waals surface area contributed by atoms with Crippen molar-refractivity contribution in [3.8, 4) is 0 Å². The van der Waals surface area contributed by atoms with E-state index in [1.807, 2.05) is 0 Å². The Balaban J connectivity index is 3.74. The maximum absolute atomic E-state index is 11.5. The van der Waals surface area contributed by atoms with Crippen molar-refractivity contribution in [2.45, 2.75) is 39.7 Å². The Bertz CT molecular complexity index is 277. The highest BCUT2D eigenvalue weighted by Gasteiger charge is 2.23. The Morgan fingerprint density at radius 2 is 1.94 bits per heavy atom. The van der Waals surface area contributed by atoms with E-state index in [0.717, 1.165) is 0 Å². The SMILES string of the molecule is CC(C)COCCNC(=O)NC(C)(C)CC(=O)O. The summed E-state index contributed by atoms with van der Waals surface area (Å²) in [5, 5.41) is 13.9. The van der Waals surface area contributed by atoms with E-state index < -0.39 is 11.5 Å². The number of hydrogen-bond donors (Lipinski definition) is 3. The zero-order valence-electron chi connectivity index (χ0n) is 11.6. The molecule has 0 aromatic rings. The van der Waals surface area contributed by atoms with Crippen LogP contribution in [0, 0.1) is 5.92 Å². The second-order valence-electron chi connectivity index (χ2n) is 5.30. The lowest BCUT2D eigenvalue weighted by molar-refractivity contribution is -0.138. The molecule has 0 radical (unpaired) electrons. The molecule has 0 aliphatic carbocycles. The molecule has 6 heteroatoms. The van der Waals surface area contributed by atoms with Gasteiger partial charge in [0.15, 0.2) is 0 Å². The van der Waals surface area contributed by atoms with Crippen LogP contribution in [-0.4, -0.2) is 42.4 Å². The second-order valence-corrected chi connectivity index (χ2v) is 5.30. The second kappa shape index (κ2) is 7.92. The molecule has 0 aliphatic rings. The van der Waals surface area contributed by atoms with Crippen LogP contribution in [0.2, 0.25) is 0 Å². The summed E-state index contributed by atoms with van der Waals surface area (Å²) in [5.74, 6) is -0.478. The molecular formula is C12H24N2O4. The van der Waals surface area contributed by atoms with Crippen LogP contribution in [0.3, 0.4) is 0 Å². The van der Waals surface area contributed by atoms with Gasteiger partial charge in [0.05, 0.1) is 13.0 Å². The normalized spacial score (nSPS) is 11.4. The van der Waals surface area contributed by atoms with Crippen molar-refractivity contribution in [2.24, 2.45) is 5.92 Å². The van der Waals surface area contributed by atoms with Gasteiger partial charge in [-0.3, -0.25) is 4.79 Å². The summed E-state index contributed by atoms with van der Waals surface area (Å²) in [7, 11) is 0. The Kier molecular flexibility index (Phi) is 7.35. The van der Waals surface area contributed by atoms with Gasteiger partial charge < -0.3 is 20.5 Å². The molecule has 0 bridgehead atoms. The number of carboxylic acids is 1. The summed E-state index contributed by atoms with van der Waals surface area (Å²) in [6.07, 6.45) is -0.121. The van der Waals surface area contributed by atoms with Crippen molar-refractivity contribution in [2.75, 3.05) is 19.8 Å². The molecule has 0 saturated carbocycles. The molecule has 0 rings (SSSR count). The fourth-order valence-corrected chi connectivity index (χ4v) is 1.33. The van der Waals surface area contributed by atoms with E-state index in [2.05, 4.69) is 24.5 Å². The van der Waals surface area contributed by atoms with Gasteiger partial charge in [-0.1, -0.05) is 13.8 Å². The van der Waals surface area contributed by atoms with Crippen LogP contribution in [0.15, 0.2) is 0 Å². The molecule has 0 heterocycles. The first-order valence-electron chi connectivity index (χ1n) is 6.08. The van der Waals surface area contributed by atoms with Crippen LogP contribution in [0.1, 0.15) is 34.1 Å². The lowest BCUT2D eigenvalue weighted by Crippen LogP contribution is -2.50. The standard InChI is InChI=1S/C12H24N2O4/c1-9(2)8-18-6-5-13-11(17)14-12(3,4)7-10(15)16/h9H,5-8H2,1-4H3,(H,15,16)(H2,13,14,17). The third-order valence-electron chi connectivity index (χ3n) is 2.03. The molecule has 3 N–H and O–H groups in total. The summed E-state index contributed by atoms with van der Waals surface area (Å²) >= 11 is 0. The van der Waals surface area contributed by atoms with Crippen LogP contribution in [0.5, 0.6) is 0 Å². The van der Waals surface area contributed by atoms with E-state index in [1.165, 1.54) is 0 Å². The van der Waals surface area contributed by atoms with E-state index in [0.29, 0.717) is 25.7 Å². The van der Waals surface area contributed by atoms with Crippen LogP contribution in [0.4, 0.5) is 4.79 Å². The Morgan fingerprint density at radius 3 is 2.44 bits per heavy atom. The average Bonchev–Trinajstić information content (AvgIpc) is 2.13. The van der Waals surface area contributed by atoms with E-state index >= 15 is 0 Å². The van der Waals surface area contributed by atoms with Gasteiger partial charge in [0.25, 0.3) is 0 Å². The fraction of sp³-hybridized carbons (Fsp3) is 0.833. The van der Waals surface area contributed by atoms with Crippen molar-refractivity contribution in [1.29, 1.82) is 0 Å². The minimum atomic E-state index is -0.944. The van der Waals surface area contributed by atoms with Crippen molar-refractivity contribution >= 4 is 12.0 Å². The van der Waals surface area contributed by atoms with Gasteiger partial charge in [0.1, 0.15) is 0 Å². The minimum Gasteiger partial charge on any atom is -0.481 e. The van der Waals surface area contributed by atoms with E-state index in [4.69, 9.17) is 9.84 Å². The molecular weight excluding hydrogens is 236 g/mol. The number of rotatable bonds is 8. The van der Waals surface area contributed by atoms with Crippen molar-refractivity contribution < 1.29 is 19.4 Å². The molecule has 0 atom stereocenters. The number of carboxylic acid groups (broad SMARTS) is 1. The van der Waals surface area contributed by atoms with Gasteiger partial charge in [0.2, 0.25) is 0 Å². The first-order valence-corrected chi connectivity index (χ1v) is 6.08. The first kappa shape index (κ1) is 16.7. The van der Waals surface area contributed by atoms with E-state index in [-0.39, 0.29) is 12.5 Å². The Morgan fingerprint density at radius 1 is 1.33 bits per heavy atom. The number of hydrogen-bond acceptors (Lipinski definition) is 3. The predicted molar refractivity (Wildman–Crippen MR) is 68.5 cm³/mol. The monoisotopic (exact) mass is 260 g/mol. The van der Waals surface area contributed by atoms with Crippen LogP contribution >= 0.6 is 0 Å². The summed E-state index contributed by atoms with van der Waals surface area (Å²) in [6, 6.07) is -0.380. The molecule has 0 spiro atoms. The summed E-state index contributed by atoms with van der Waals surface area (Å²) in [6.45, 7) is 8.94. The maximum Gasteiger partial charge on any atom is 0.315 e. The molecule has 0 aromatic carbocycles. The largest absolute Gasteiger partial charge is 0.481 e. The third-order valence-corrected chi connectivity index (χ3v) is 2.03. The van der Waals surface area contributed by atoms with E-state index in [1.54, 1.807) is 13.8 Å².